The van der Waals surface area contributed by atoms with Gasteiger partial charge in [-0.25, -0.2) is 0 Å². The number of hydrogen-bond acceptors (Lipinski definition) is 4. The lowest BCUT2D eigenvalue weighted by Gasteiger charge is -2.49. The summed E-state index contributed by atoms with van der Waals surface area (Å²) in [5.74, 6) is 0. The van der Waals surface area contributed by atoms with Gasteiger partial charge in [-0.05, 0) is 25.7 Å². The first kappa shape index (κ1) is 17.2. The number of rotatable bonds is 8. The zero-order chi connectivity index (χ0) is 15.0. The first-order chi connectivity index (χ1) is 10.3. The topological polar surface area (TPSA) is 33.7 Å². The maximum Gasteiger partial charge on any atom is 0.0593 e. The summed E-state index contributed by atoms with van der Waals surface area (Å²) in [5, 5.41) is 3.88. The average molecular weight is 298 g/mol. The van der Waals surface area contributed by atoms with Crippen molar-refractivity contribution in [3.05, 3.63) is 0 Å². The third-order valence-electron chi connectivity index (χ3n) is 5.18. The molecule has 0 aromatic heterocycles. The van der Waals surface area contributed by atoms with Crippen molar-refractivity contribution in [1.82, 2.24) is 10.2 Å². The molecule has 1 N–H and O–H groups in total. The highest BCUT2D eigenvalue weighted by Crippen LogP contribution is 2.32. The Kier molecular flexibility index (Phi) is 7.44. The summed E-state index contributed by atoms with van der Waals surface area (Å²) < 4.78 is 10.8. The zero-order valence-electron chi connectivity index (χ0n) is 14.0. The highest BCUT2D eigenvalue weighted by molar-refractivity contribution is 4.99. The van der Waals surface area contributed by atoms with Crippen LogP contribution in [0.4, 0.5) is 0 Å². The van der Waals surface area contributed by atoms with Crippen molar-refractivity contribution in [2.75, 3.05) is 46.6 Å². The van der Waals surface area contributed by atoms with Gasteiger partial charge >= 0.3 is 0 Å². The van der Waals surface area contributed by atoms with E-state index >= 15 is 0 Å². The molecule has 124 valence electrons. The Morgan fingerprint density at radius 2 is 1.95 bits per heavy atom. The summed E-state index contributed by atoms with van der Waals surface area (Å²) in [7, 11) is 1.75. The van der Waals surface area contributed by atoms with Gasteiger partial charge in [0.1, 0.15) is 0 Å². The minimum absolute atomic E-state index is 0.403. The molecule has 0 aromatic rings. The predicted molar refractivity (Wildman–Crippen MR) is 86.8 cm³/mol. The van der Waals surface area contributed by atoms with Crippen molar-refractivity contribution < 1.29 is 9.47 Å². The SMILES string of the molecule is CCC1CNC2(CCCCC2)CN1CCOCCCOC. The summed E-state index contributed by atoms with van der Waals surface area (Å²) in [6.45, 7) is 8.23. The molecule has 2 aliphatic rings. The van der Waals surface area contributed by atoms with E-state index < -0.39 is 0 Å². The Morgan fingerprint density at radius 1 is 1.14 bits per heavy atom. The maximum atomic E-state index is 5.76. The highest BCUT2D eigenvalue weighted by Gasteiger charge is 2.38. The Bertz CT molecular complexity index is 280. The second-order valence-corrected chi connectivity index (χ2v) is 6.71. The molecule has 4 nitrogen and oxygen atoms in total. The van der Waals surface area contributed by atoms with Crippen LogP contribution in [0.25, 0.3) is 0 Å². The average Bonchev–Trinajstić information content (AvgIpc) is 2.52. The summed E-state index contributed by atoms with van der Waals surface area (Å²) in [6, 6.07) is 0.681. The molecule has 1 aliphatic heterocycles. The molecular weight excluding hydrogens is 264 g/mol. The largest absolute Gasteiger partial charge is 0.385 e. The van der Waals surface area contributed by atoms with Gasteiger partial charge in [-0.1, -0.05) is 26.2 Å². The molecule has 2 rings (SSSR count). The lowest BCUT2D eigenvalue weighted by molar-refractivity contribution is 0.0230. The molecule has 2 fully saturated rings. The molecule has 0 radical (unpaired) electrons. The molecule has 1 unspecified atom stereocenters. The Labute approximate surface area is 130 Å². The second-order valence-electron chi connectivity index (χ2n) is 6.71. The van der Waals surface area contributed by atoms with Crippen molar-refractivity contribution >= 4 is 0 Å². The third kappa shape index (κ3) is 5.20. The van der Waals surface area contributed by atoms with Crippen LogP contribution in [0.1, 0.15) is 51.9 Å². The van der Waals surface area contributed by atoms with Gasteiger partial charge in [0.2, 0.25) is 0 Å². The molecule has 1 heterocycles. The summed E-state index contributed by atoms with van der Waals surface area (Å²) in [4.78, 5) is 2.68. The van der Waals surface area contributed by atoms with Gasteiger partial charge in [-0.3, -0.25) is 4.90 Å². The van der Waals surface area contributed by atoms with Gasteiger partial charge in [-0.2, -0.15) is 0 Å². The normalized spacial score (nSPS) is 26.3. The van der Waals surface area contributed by atoms with Gasteiger partial charge in [0.05, 0.1) is 6.61 Å². The molecule has 21 heavy (non-hydrogen) atoms. The van der Waals surface area contributed by atoms with Crippen LogP contribution in [0.2, 0.25) is 0 Å². The number of ether oxygens (including phenoxy) is 2. The van der Waals surface area contributed by atoms with Gasteiger partial charge < -0.3 is 14.8 Å². The van der Waals surface area contributed by atoms with E-state index in [1.165, 1.54) is 45.1 Å². The Hall–Kier alpha value is -0.160. The van der Waals surface area contributed by atoms with E-state index in [2.05, 4.69) is 17.1 Å². The number of nitrogens with zero attached hydrogens (tertiary/aromatic N) is 1. The maximum absolute atomic E-state index is 5.76. The van der Waals surface area contributed by atoms with E-state index in [1.54, 1.807) is 7.11 Å². The van der Waals surface area contributed by atoms with Crippen LogP contribution < -0.4 is 5.32 Å². The first-order valence-corrected chi connectivity index (χ1v) is 8.85. The monoisotopic (exact) mass is 298 g/mol. The molecule has 0 aromatic carbocycles. The van der Waals surface area contributed by atoms with Crippen LogP contribution in [0.15, 0.2) is 0 Å². The number of piperazine rings is 1. The molecule has 1 saturated carbocycles. The lowest BCUT2D eigenvalue weighted by Crippen LogP contribution is -2.65. The molecule has 1 spiro atoms. The summed E-state index contributed by atoms with van der Waals surface area (Å²) in [6.07, 6.45) is 9.15. The van der Waals surface area contributed by atoms with Gasteiger partial charge in [0.25, 0.3) is 0 Å². The molecule has 4 heteroatoms. The zero-order valence-corrected chi connectivity index (χ0v) is 14.0. The fourth-order valence-corrected chi connectivity index (χ4v) is 3.85. The van der Waals surface area contributed by atoms with E-state index in [1.807, 2.05) is 0 Å². The second kappa shape index (κ2) is 9.09. The van der Waals surface area contributed by atoms with Crippen molar-refractivity contribution in [2.24, 2.45) is 0 Å². The highest BCUT2D eigenvalue weighted by atomic mass is 16.5. The quantitative estimate of drug-likeness (QED) is 0.698. The number of methoxy groups -OCH3 is 1. The van der Waals surface area contributed by atoms with E-state index in [-0.39, 0.29) is 0 Å². The molecule has 0 bridgehead atoms. The molecule has 1 atom stereocenters. The molecule has 1 saturated heterocycles. The standard InChI is InChI=1S/C17H34N2O2/c1-3-16-14-18-17(8-5-4-6-9-17)15-19(16)10-13-21-12-7-11-20-2/h16,18H,3-15H2,1-2H3. The van der Waals surface area contributed by atoms with Crippen LogP contribution >= 0.6 is 0 Å². The molecule has 0 amide bonds. The van der Waals surface area contributed by atoms with E-state index in [0.29, 0.717) is 11.6 Å². The van der Waals surface area contributed by atoms with E-state index in [0.717, 1.165) is 39.3 Å². The van der Waals surface area contributed by atoms with Crippen LogP contribution in [-0.4, -0.2) is 63.0 Å². The van der Waals surface area contributed by atoms with Crippen LogP contribution in [0.5, 0.6) is 0 Å². The first-order valence-electron chi connectivity index (χ1n) is 8.85. The van der Waals surface area contributed by atoms with Crippen molar-refractivity contribution in [3.63, 3.8) is 0 Å². The summed E-state index contributed by atoms with van der Waals surface area (Å²) in [5.41, 5.74) is 0.403. The van der Waals surface area contributed by atoms with Crippen LogP contribution in [0.3, 0.4) is 0 Å². The minimum Gasteiger partial charge on any atom is -0.385 e. The van der Waals surface area contributed by atoms with Crippen molar-refractivity contribution in [2.45, 2.75) is 63.5 Å². The fraction of sp³-hybridized carbons (Fsp3) is 1.00. The Morgan fingerprint density at radius 3 is 2.67 bits per heavy atom. The van der Waals surface area contributed by atoms with Gasteiger partial charge in [0.15, 0.2) is 0 Å². The predicted octanol–water partition coefficient (Wildman–Crippen LogP) is 2.43. The lowest BCUT2D eigenvalue weighted by atomic mass is 9.79. The molecular formula is C17H34N2O2. The van der Waals surface area contributed by atoms with E-state index in [4.69, 9.17) is 9.47 Å². The number of hydrogen-bond donors (Lipinski definition) is 1. The van der Waals surface area contributed by atoms with Crippen molar-refractivity contribution in [1.29, 1.82) is 0 Å². The van der Waals surface area contributed by atoms with Gasteiger partial charge in [-0.15, -0.1) is 0 Å². The smallest absolute Gasteiger partial charge is 0.0593 e. The summed E-state index contributed by atoms with van der Waals surface area (Å²) >= 11 is 0. The van der Waals surface area contributed by atoms with Crippen LogP contribution in [-0.2, 0) is 9.47 Å². The van der Waals surface area contributed by atoms with Crippen molar-refractivity contribution in [3.8, 4) is 0 Å². The Balaban J connectivity index is 1.74. The molecule has 1 aliphatic carbocycles. The van der Waals surface area contributed by atoms with Crippen LogP contribution in [0, 0.1) is 0 Å². The fourth-order valence-electron chi connectivity index (χ4n) is 3.85. The van der Waals surface area contributed by atoms with E-state index in [9.17, 15) is 0 Å². The number of nitrogens with one attached hydrogen (secondary N) is 1. The van der Waals surface area contributed by atoms with Gasteiger partial charge in [0, 0.05) is 51.5 Å². The minimum atomic E-state index is 0.403. The third-order valence-corrected chi connectivity index (χ3v) is 5.18.